The Kier molecular flexibility index (Phi) is 4.75. The number of pyridine rings is 1. The van der Waals surface area contributed by atoms with E-state index in [-0.39, 0.29) is 23.8 Å². The Morgan fingerprint density at radius 3 is 2.59 bits per heavy atom. The van der Waals surface area contributed by atoms with E-state index in [2.05, 4.69) is 10.3 Å². The van der Waals surface area contributed by atoms with Gasteiger partial charge in [0, 0.05) is 19.2 Å². The average Bonchev–Trinajstić information content (AvgIpc) is 2.83. The summed E-state index contributed by atoms with van der Waals surface area (Å²) in [6.07, 6.45) is 2.76. The highest BCUT2D eigenvalue weighted by atomic mass is 16.6. The molecule has 1 aromatic rings. The molecule has 1 N–H and O–H groups in total. The van der Waals surface area contributed by atoms with Crippen LogP contribution in [0.2, 0.25) is 0 Å². The first-order chi connectivity index (χ1) is 12.6. The van der Waals surface area contributed by atoms with Gasteiger partial charge in [-0.05, 0) is 52.2 Å². The zero-order chi connectivity index (χ0) is 19.8. The summed E-state index contributed by atoms with van der Waals surface area (Å²) in [4.78, 5) is 54.7. The van der Waals surface area contributed by atoms with Gasteiger partial charge in [0.15, 0.2) is 0 Å². The zero-order valence-electron chi connectivity index (χ0n) is 15.7. The Hall–Kier alpha value is -2.77. The van der Waals surface area contributed by atoms with Gasteiger partial charge in [0.2, 0.25) is 17.7 Å². The Morgan fingerprint density at radius 1 is 1.22 bits per heavy atom. The number of imide groups is 1. The summed E-state index contributed by atoms with van der Waals surface area (Å²) >= 11 is 0. The molecule has 2 aliphatic rings. The van der Waals surface area contributed by atoms with Crippen molar-refractivity contribution in [1.29, 1.82) is 0 Å². The summed E-state index contributed by atoms with van der Waals surface area (Å²) in [7, 11) is 0. The normalized spacial score (nSPS) is 23.4. The Labute approximate surface area is 157 Å². The molecule has 0 saturated carbocycles. The summed E-state index contributed by atoms with van der Waals surface area (Å²) < 4.78 is 5.29. The van der Waals surface area contributed by atoms with Crippen LogP contribution in [0.3, 0.4) is 0 Å². The highest BCUT2D eigenvalue weighted by molar-refractivity contribution is 6.16. The molecule has 8 nitrogen and oxygen atoms in total. The number of hydrogen-bond donors (Lipinski definition) is 1. The van der Waals surface area contributed by atoms with Gasteiger partial charge in [0.05, 0.1) is 5.56 Å². The number of anilines is 1. The number of ether oxygens (including phenoxy) is 1. The van der Waals surface area contributed by atoms with E-state index >= 15 is 0 Å². The first-order valence-electron chi connectivity index (χ1n) is 8.98. The second-order valence-electron chi connectivity index (χ2n) is 7.93. The van der Waals surface area contributed by atoms with Crippen molar-refractivity contribution in [2.45, 2.75) is 52.1 Å². The number of carbonyl (C=O) groups excluding carboxylic acids is 4. The molecule has 1 aromatic heterocycles. The molecule has 0 bridgehead atoms. The number of esters is 1. The predicted molar refractivity (Wildman–Crippen MR) is 95.8 cm³/mol. The summed E-state index contributed by atoms with van der Waals surface area (Å²) in [5, 5.41) is 2.32. The lowest BCUT2D eigenvalue weighted by Gasteiger charge is -2.24. The quantitative estimate of drug-likeness (QED) is 0.479. The van der Waals surface area contributed by atoms with Crippen LogP contribution in [-0.2, 0) is 19.1 Å². The van der Waals surface area contributed by atoms with Gasteiger partial charge in [-0.1, -0.05) is 0 Å². The number of amides is 3. The molecule has 2 fully saturated rings. The highest BCUT2D eigenvalue weighted by Gasteiger charge is 2.54. The fourth-order valence-electron chi connectivity index (χ4n) is 3.41. The van der Waals surface area contributed by atoms with Gasteiger partial charge in [-0.15, -0.1) is 0 Å². The van der Waals surface area contributed by atoms with Crippen LogP contribution in [0.25, 0.3) is 0 Å². The van der Waals surface area contributed by atoms with Crippen LogP contribution < -0.4 is 10.2 Å². The number of rotatable bonds is 2. The molecule has 1 unspecified atom stereocenters. The molecular weight excluding hydrogens is 350 g/mol. The van der Waals surface area contributed by atoms with Crippen molar-refractivity contribution in [2.24, 2.45) is 5.41 Å². The fraction of sp³-hybridized carbons (Fsp3) is 0.526. The maximum absolute atomic E-state index is 13.0. The number of nitrogens with zero attached hydrogens (tertiary/aromatic N) is 2. The summed E-state index contributed by atoms with van der Waals surface area (Å²) in [6.45, 7) is 5.66. The Morgan fingerprint density at radius 2 is 1.96 bits per heavy atom. The van der Waals surface area contributed by atoms with Crippen molar-refractivity contribution in [3.8, 4) is 0 Å². The van der Waals surface area contributed by atoms with Gasteiger partial charge in [0.1, 0.15) is 16.8 Å². The van der Waals surface area contributed by atoms with E-state index < -0.39 is 22.9 Å². The smallest absolute Gasteiger partial charge is 0.340 e. The Balaban J connectivity index is 1.78. The second kappa shape index (κ2) is 6.75. The van der Waals surface area contributed by atoms with Gasteiger partial charge >= 0.3 is 5.97 Å². The minimum atomic E-state index is -1.21. The molecule has 0 aromatic carbocycles. The number of carbonyl (C=O) groups is 4. The summed E-state index contributed by atoms with van der Waals surface area (Å²) in [5.41, 5.74) is -1.54. The van der Waals surface area contributed by atoms with Crippen LogP contribution >= 0.6 is 0 Å². The lowest BCUT2D eigenvalue weighted by molar-refractivity contribution is -0.141. The average molecular weight is 373 g/mol. The van der Waals surface area contributed by atoms with Gasteiger partial charge in [-0.3, -0.25) is 24.6 Å². The first kappa shape index (κ1) is 19.0. The monoisotopic (exact) mass is 373 g/mol. The van der Waals surface area contributed by atoms with Gasteiger partial charge in [0.25, 0.3) is 0 Å². The van der Waals surface area contributed by atoms with Gasteiger partial charge in [-0.25, -0.2) is 9.78 Å². The van der Waals surface area contributed by atoms with Crippen molar-refractivity contribution >= 4 is 29.5 Å². The number of hydrogen-bond acceptors (Lipinski definition) is 6. The van der Waals surface area contributed by atoms with E-state index in [1.807, 2.05) is 0 Å². The summed E-state index contributed by atoms with van der Waals surface area (Å²) in [6, 6.07) is 3.11. The molecule has 144 valence electrons. The van der Waals surface area contributed by atoms with E-state index in [4.69, 9.17) is 4.74 Å². The van der Waals surface area contributed by atoms with Crippen LogP contribution in [0.5, 0.6) is 0 Å². The lowest BCUT2D eigenvalue weighted by atomic mass is 9.81. The van der Waals surface area contributed by atoms with Crippen LogP contribution in [0.1, 0.15) is 56.8 Å². The standard InChI is InChI=1S/C19H23N3O5/c1-18(2,3)27-15(24)12-6-7-13(20-11-12)22-10-9-19(17(22)26)8-4-5-14(23)21-16(19)25/h6-7,11H,4-5,8-10H2,1-3H3,(H,21,23,25). The third-order valence-corrected chi connectivity index (χ3v) is 4.77. The molecule has 2 saturated heterocycles. The van der Waals surface area contributed by atoms with Crippen LogP contribution in [-0.4, -0.2) is 40.8 Å². The minimum absolute atomic E-state index is 0.240. The third kappa shape index (κ3) is 3.70. The zero-order valence-corrected chi connectivity index (χ0v) is 15.7. The first-order valence-corrected chi connectivity index (χ1v) is 8.98. The molecule has 1 spiro atoms. The SMILES string of the molecule is CC(C)(C)OC(=O)c1ccc(N2CCC3(CCCC(=O)NC3=O)C2=O)nc1. The maximum atomic E-state index is 13.0. The number of aromatic nitrogens is 1. The molecule has 0 aliphatic carbocycles. The molecule has 8 heteroatoms. The van der Waals surface area contributed by atoms with Crippen LogP contribution in [0.4, 0.5) is 5.82 Å². The topological polar surface area (TPSA) is 106 Å². The largest absolute Gasteiger partial charge is 0.456 e. The molecule has 3 amide bonds. The molecule has 0 radical (unpaired) electrons. The lowest BCUT2D eigenvalue weighted by Crippen LogP contribution is -2.46. The molecule has 2 aliphatic heterocycles. The molecule has 3 heterocycles. The van der Waals surface area contributed by atoms with E-state index in [9.17, 15) is 19.2 Å². The molecule has 3 rings (SSSR count). The van der Waals surface area contributed by atoms with Gasteiger partial charge < -0.3 is 4.74 Å². The van der Waals surface area contributed by atoms with E-state index in [1.165, 1.54) is 11.1 Å². The van der Waals surface area contributed by atoms with Crippen molar-refractivity contribution in [3.05, 3.63) is 23.9 Å². The van der Waals surface area contributed by atoms with Crippen LogP contribution in [0, 0.1) is 5.41 Å². The van der Waals surface area contributed by atoms with Crippen molar-refractivity contribution in [1.82, 2.24) is 10.3 Å². The Bertz CT molecular complexity index is 797. The van der Waals surface area contributed by atoms with Gasteiger partial charge in [-0.2, -0.15) is 0 Å². The van der Waals surface area contributed by atoms with E-state index in [0.29, 0.717) is 31.6 Å². The van der Waals surface area contributed by atoms with Crippen molar-refractivity contribution < 1.29 is 23.9 Å². The molecule has 27 heavy (non-hydrogen) atoms. The van der Waals surface area contributed by atoms with Crippen molar-refractivity contribution in [2.75, 3.05) is 11.4 Å². The summed E-state index contributed by atoms with van der Waals surface area (Å²) in [5.74, 6) is -1.35. The van der Waals surface area contributed by atoms with E-state index in [1.54, 1.807) is 32.9 Å². The molecule has 1 atom stereocenters. The van der Waals surface area contributed by atoms with E-state index in [0.717, 1.165) is 0 Å². The third-order valence-electron chi connectivity index (χ3n) is 4.77. The predicted octanol–water partition coefficient (Wildman–Crippen LogP) is 1.59. The number of nitrogens with one attached hydrogen (secondary N) is 1. The van der Waals surface area contributed by atoms with Crippen LogP contribution in [0.15, 0.2) is 18.3 Å². The molecular formula is C19H23N3O5. The highest BCUT2D eigenvalue weighted by Crippen LogP contribution is 2.40. The second-order valence-corrected chi connectivity index (χ2v) is 7.93. The fourth-order valence-corrected chi connectivity index (χ4v) is 3.41. The minimum Gasteiger partial charge on any atom is -0.456 e. The maximum Gasteiger partial charge on any atom is 0.340 e. The van der Waals surface area contributed by atoms with Crippen molar-refractivity contribution in [3.63, 3.8) is 0 Å².